The number of aromatic nitrogens is 1. The highest BCUT2D eigenvalue weighted by atomic mass is 79.9. The number of methoxy groups -OCH3 is 1. The molecule has 0 aliphatic carbocycles. The Balaban J connectivity index is 1.87. The maximum absolute atomic E-state index is 12.4. The number of amides is 1. The van der Waals surface area contributed by atoms with Gasteiger partial charge >= 0.3 is 5.97 Å². The second-order valence-corrected chi connectivity index (χ2v) is 7.63. The van der Waals surface area contributed by atoms with Crippen LogP contribution in [0.2, 0.25) is 0 Å². The lowest BCUT2D eigenvalue weighted by Crippen LogP contribution is -2.38. The summed E-state index contributed by atoms with van der Waals surface area (Å²) < 4.78 is 5.69. The van der Waals surface area contributed by atoms with E-state index in [-0.39, 0.29) is 11.6 Å². The fourth-order valence-electron chi connectivity index (χ4n) is 2.69. The van der Waals surface area contributed by atoms with Crippen molar-refractivity contribution >= 4 is 56.2 Å². The number of hydrogen-bond acceptors (Lipinski definition) is 5. The molecule has 1 saturated heterocycles. The van der Waals surface area contributed by atoms with Gasteiger partial charge in [-0.15, -0.1) is 0 Å². The van der Waals surface area contributed by atoms with Crippen LogP contribution in [-0.2, 0) is 9.53 Å². The highest BCUT2D eigenvalue weighted by Crippen LogP contribution is 2.30. The van der Waals surface area contributed by atoms with E-state index >= 15 is 0 Å². The average Bonchev–Trinajstić information content (AvgIpc) is 2.93. The quantitative estimate of drug-likeness (QED) is 0.756. The molecule has 128 valence electrons. The fourth-order valence-corrected chi connectivity index (χ4v) is 4.03. The third-order valence-corrected chi connectivity index (χ3v) is 5.32. The molecule has 0 spiro atoms. The highest BCUT2D eigenvalue weighted by molar-refractivity contribution is 9.10. The molecule has 0 atom stereocenters. The van der Waals surface area contributed by atoms with E-state index in [4.69, 9.17) is 4.74 Å². The fraction of sp³-hybridized carbons (Fsp3) is 0.375. The Morgan fingerprint density at radius 2 is 2.12 bits per heavy atom. The number of aromatic amines is 1. The molecule has 1 aromatic heterocycles. The van der Waals surface area contributed by atoms with Crippen molar-refractivity contribution in [3.63, 3.8) is 0 Å². The van der Waals surface area contributed by atoms with Crippen molar-refractivity contribution in [3.8, 4) is 0 Å². The Labute approximate surface area is 152 Å². The van der Waals surface area contributed by atoms with Gasteiger partial charge in [-0.25, -0.2) is 4.79 Å². The van der Waals surface area contributed by atoms with E-state index in [0.717, 1.165) is 40.0 Å². The van der Waals surface area contributed by atoms with Crippen molar-refractivity contribution in [1.29, 1.82) is 0 Å². The predicted molar refractivity (Wildman–Crippen MR) is 99.7 cm³/mol. The Hall–Kier alpha value is -1.51. The number of anilines is 1. The highest BCUT2D eigenvalue weighted by Gasteiger charge is 2.21. The first-order valence-electron chi connectivity index (χ1n) is 7.58. The topological polar surface area (TPSA) is 74.4 Å². The lowest BCUT2D eigenvalue weighted by Gasteiger charge is -2.25. The van der Waals surface area contributed by atoms with E-state index in [9.17, 15) is 9.59 Å². The maximum atomic E-state index is 12.4. The van der Waals surface area contributed by atoms with E-state index in [1.54, 1.807) is 0 Å². The van der Waals surface area contributed by atoms with Crippen LogP contribution in [0.1, 0.15) is 10.5 Å². The zero-order valence-electron chi connectivity index (χ0n) is 13.2. The summed E-state index contributed by atoms with van der Waals surface area (Å²) in [5, 5.41) is 3.65. The molecule has 1 aromatic carbocycles. The SMILES string of the molecule is COC(=O)c1[nH]c2ccc(Br)cc2c1NC(=O)CN1CCSCC1. The predicted octanol–water partition coefficient (Wildman–Crippen LogP) is 2.70. The van der Waals surface area contributed by atoms with Crippen LogP contribution in [0, 0.1) is 0 Å². The average molecular weight is 412 g/mol. The van der Waals surface area contributed by atoms with Crippen LogP contribution in [-0.4, -0.2) is 60.0 Å². The van der Waals surface area contributed by atoms with Crippen molar-refractivity contribution in [1.82, 2.24) is 9.88 Å². The van der Waals surface area contributed by atoms with Crippen molar-refractivity contribution in [2.24, 2.45) is 0 Å². The van der Waals surface area contributed by atoms with Gasteiger partial charge in [0.1, 0.15) is 5.69 Å². The number of hydrogen-bond donors (Lipinski definition) is 2. The lowest BCUT2D eigenvalue weighted by molar-refractivity contribution is -0.117. The molecular formula is C16H18BrN3O3S. The zero-order valence-corrected chi connectivity index (χ0v) is 15.6. The van der Waals surface area contributed by atoms with Gasteiger partial charge in [0.25, 0.3) is 0 Å². The molecule has 1 amide bonds. The van der Waals surface area contributed by atoms with Crippen LogP contribution in [0.3, 0.4) is 0 Å². The van der Waals surface area contributed by atoms with Gasteiger partial charge in [-0.2, -0.15) is 11.8 Å². The van der Waals surface area contributed by atoms with Gasteiger partial charge in [0.2, 0.25) is 5.91 Å². The van der Waals surface area contributed by atoms with E-state index in [1.165, 1.54) is 7.11 Å². The summed E-state index contributed by atoms with van der Waals surface area (Å²) in [7, 11) is 1.32. The molecule has 2 heterocycles. The third-order valence-electron chi connectivity index (χ3n) is 3.89. The molecule has 2 N–H and O–H groups in total. The summed E-state index contributed by atoms with van der Waals surface area (Å²) >= 11 is 5.32. The Bertz CT molecular complexity index is 771. The van der Waals surface area contributed by atoms with Crippen molar-refractivity contribution in [3.05, 3.63) is 28.4 Å². The first-order chi connectivity index (χ1) is 11.6. The maximum Gasteiger partial charge on any atom is 0.356 e. The first kappa shape index (κ1) is 17.3. The van der Waals surface area contributed by atoms with Gasteiger partial charge in [0.05, 0.1) is 19.3 Å². The Morgan fingerprint density at radius 1 is 1.38 bits per heavy atom. The normalized spacial score (nSPS) is 15.4. The summed E-state index contributed by atoms with van der Waals surface area (Å²) in [5.41, 5.74) is 1.49. The summed E-state index contributed by atoms with van der Waals surface area (Å²) in [4.78, 5) is 29.6. The van der Waals surface area contributed by atoms with Crippen LogP contribution < -0.4 is 5.32 Å². The first-order valence-corrected chi connectivity index (χ1v) is 9.52. The van der Waals surface area contributed by atoms with Gasteiger partial charge in [-0.1, -0.05) is 15.9 Å². The molecule has 6 nitrogen and oxygen atoms in total. The lowest BCUT2D eigenvalue weighted by atomic mass is 10.2. The number of benzene rings is 1. The summed E-state index contributed by atoms with van der Waals surface area (Å²) in [5.74, 6) is 1.45. The molecule has 1 aliphatic heterocycles. The van der Waals surface area contributed by atoms with Crippen LogP contribution in [0.4, 0.5) is 5.69 Å². The van der Waals surface area contributed by atoms with Crippen molar-refractivity contribution in [2.75, 3.05) is 43.6 Å². The number of rotatable bonds is 4. The Morgan fingerprint density at radius 3 is 2.83 bits per heavy atom. The molecule has 24 heavy (non-hydrogen) atoms. The van der Waals surface area contributed by atoms with E-state index < -0.39 is 5.97 Å². The van der Waals surface area contributed by atoms with Crippen molar-refractivity contribution < 1.29 is 14.3 Å². The van der Waals surface area contributed by atoms with Gasteiger partial charge < -0.3 is 15.0 Å². The summed E-state index contributed by atoms with van der Waals surface area (Å²) in [6.07, 6.45) is 0. The zero-order chi connectivity index (χ0) is 17.1. The second kappa shape index (κ2) is 7.58. The number of halogens is 1. The molecule has 0 bridgehead atoms. The number of nitrogens with zero attached hydrogens (tertiary/aromatic N) is 1. The van der Waals surface area contributed by atoms with Crippen molar-refractivity contribution in [2.45, 2.75) is 0 Å². The van der Waals surface area contributed by atoms with E-state index in [1.807, 2.05) is 30.0 Å². The van der Waals surface area contributed by atoms with E-state index in [2.05, 4.69) is 31.1 Å². The van der Waals surface area contributed by atoms with Gasteiger partial charge in [0, 0.05) is 40.0 Å². The largest absolute Gasteiger partial charge is 0.464 e. The molecule has 3 rings (SSSR count). The minimum Gasteiger partial charge on any atom is -0.464 e. The summed E-state index contributed by atoms with van der Waals surface area (Å²) in [6, 6.07) is 5.59. The third kappa shape index (κ3) is 3.76. The minimum absolute atomic E-state index is 0.132. The molecule has 0 unspecified atom stereocenters. The molecule has 2 aromatic rings. The smallest absolute Gasteiger partial charge is 0.356 e. The van der Waals surface area contributed by atoms with Crippen LogP contribution >= 0.6 is 27.7 Å². The number of nitrogens with one attached hydrogen (secondary N) is 2. The van der Waals surface area contributed by atoms with E-state index in [0.29, 0.717) is 12.2 Å². The number of fused-ring (bicyclic) bond motifs is 1. The molecule has 1 fully saturated rings. The van der Waals surface area contributed by atoms with Crippen LogP contribution in [0.5, 0.6) is 0 Å². The molecule has 0 saturated carbocycles. The minimum atomic E-state index is -0.507. The number of carbonyl (C=O) groups is 2. The Kier molecular flexibility index (Phi) is 5.47. The number of ether oxygens (including phenoxy) is 1. The van der Waals surface area contributed by atoms with Gasteiger partial charge in [-0.3, -0.25) is 9.69 Å². The van der Waals surface area contributed by atoms with Gasteiger partial charge in [-0.05, 0) is 18.2 Å². The number of H-pyrrole nitrogens is 1. The second-order valence-electron chi connectivity index (χ2n) is 5.49. The number of esters is 1. The standard InChI is InChI=1S/C16H18BrN3O3S/c1-23-16(22)15-14(11-8-10(17)2-3-12(11)18-15)19-13(21)9-20-4-6-24-7-5-20/h2-3,8,18H,4-7,9H2,1H3,(H,19,21). The van der Waals surface area contributed by atoms with Crippen LogP contribution in [0.15, 0.2) is 22.7 Å². The molecule has 0 radical (unpaired) electrons. The molecule has 1 aliphatic rings. The van der Waals surface area contributed by atoms with Crippen LogP contribution in [0.25, 0.3) is 10.9 Å². The number of thioether (sulfide) groups is 1. The monoisotopic (exact) mass is 411 g/mol. The number of carbonyl (C=O) groups excluding carboxylic acids is 2. The summed E-state index contributed by atoms with van der Waals surface area (Å²) in [6.45, 7) is 2.13. The molecule has 8 heteroatoms. The molecular weight excluding hydrogens is 394 g/mol. The van der Waals surface area contributed by atoms with Gasteiger partial charge in [0.15, 0.2) is 0 Å².